The third-order valence-corrected chi connectivity index (χ3v) is 13.8. The molecule has 1 aromatic rings. The van der Waals surface area contributed by atoms with Crippen molar-refractivity contribution in [2.45, 2.75) is 167 Å². The maximum atomic E-state index is 14.4. The van der Waals surface area contributed by atoms with Gasteiger partial charge in [0.1, 0.15) is 41.6 Å². The van der Waals surface area contributed by atoms with Crippen LogP contribution in [0.15, 0.2) is 47.6 Å². The molecule has 13 heteroatoms. The van der Waals surface area contributed by atoms with Gasteiger partial charge in [-0.25, -0.2) is 4.79 Å². The first kappa shape index (κ1) is 49.4. The van der Waals surface area contributed by atoms with Crippen molar-refractivity contribution in [1.29, 1.82) is 0 Å². The average molecular weight is 868 g/mol. The van der Waals surface area contributed by atoms with Crippen LogP contribution in [-0.4, -0.2) is 115 Å². The normalized spacial score (nSPS) is 36.5. The van der Waals surface area contributed by atoms with Gasteiger partial charge in [-0.2, -0.15) is 0 Å². The van der Waals surface area contributed by atoms with Crippen LogP contribution in [0.3, 0.4) is 0 Å². The van der Waals surface area contributed by atoms with Crippen molar-refractivity contribution in [3.8, 4) is 11.5 Å². The molecule has 62 heavy (non-hydrogen) atoms. The molecule has 1 amide bonds. The minimum Gasteiger partial charge on any atom is -0.497 e. The van der Waals surface area contributed by atoms with Crippen LogP contribution in [0.2, 0.25) is 0 Å². The third kappa shape index (κ3) is 11.9. The molecule has 0 aromatic heterocycles. The molecule has 3 heterocycles. The maximum absolute atomic E-state index is 14.4. The zero-order valence-corrected chi connectivity index (χ0v) is 38.5. The monoisotopic (exact) mass is 868 g/mol. The molecule has 13 atom stereocenters. The van der Waals surface area contributed by atoms with E-state index in [0.29, 0.717) is 69.3 Å². The number of hydrogen-bond donors (Lipinski definition) is 2. The molecule has 2 bridgehead atoms. The van der Waals surface area contributed by atoms with E-state index in [-0.39, 0.29) is 55.3 Å². The van der Waals surface area contributed by atoms with Crippen molar-refractivity contribution in [2.75, 3.05) is 27.9 Å². The van der Waals surface area contributed by atoms with Gasteiger partial charge in [0.25, 0.3) is 11.7 Å². The van der Waals surface area contributed by atoms with Crippen LogP contribution in [-0.2, 0) is 38.1 Å². The number of hydrogen-bond acceptors (Lipinski definition) is 12. The zero-order chi connectivity index (χ0) is 45.3. The average Bonchev–Trinajstić information content (AvgIpc) is 3.26. The number of amides is 1. The van der Waals surface area contributed by atoms with Crippen LogP contribution in [0.1, 0.15) is 119 Å². The summed E-state index contributed by atoms with van der Waals surface area (Å²) < 4.78 is 36.0. The Balaban J connectivity index is 1.47. The number of nitrogens with zero attached hydrogens (tertiary/aromatic N) is 1. The smallest absolute Gasteiger partial charge is 0.329 e. The number of rotatable bonds is 8. The number of ether oxygens (including phenoxy) is 6. The second kappa shape index (κ2) is 22.3. The van der Waals surface area contributed by atoms with E-state index in [4.69, 9.17) is 28.4 Å². The van der Waals surface area contributed by atoms with Crippen LogP contribution in [0.5, 0.6) is 11.5 Å². The largest absolute Gasteiger partial charge is 0.497 e. The maximum Gasteiger partial charge on any atom is 0.329 e. The summed E-state index contributed by atoms with van der Waals surface area (Å²) in [5.74, 6) is -5.09. The van der Waals surface area contributed by atoms with Gasteiger partial charge in [0.15, 0.2) is 0 Å². The van der Waals surface area contributed by atoms with Crippen LogP contribution < -0.4 is 9.47 Å². The molecule has 5 rings (SSSR count). The highest BCUT2D eigenvalue weighted by Crippen LogP contribution is 2.39. The molecular weight excluding hydrogens is 795 g/mol. The van der Waals surface area contributed by atoms with Crippen LogP contribution >= 0.6 is 0 Å². The van der Waals surface area contributed by atoms with Gasteiger partial charge in [-0.15, -0.1) is 0 Å². The van der Waals surface area contributed by atoms with Crippen LogP contribution in [0.25, 0.3) is 0 Å². The first-order valence-electron chi connectivity index (χ1n) is 22.9. The molecule has 13 nitrogen and oxygen atoms in total. The Hall–Kier alpha value is -3.62. The minimum atomic E-state index is -2.48. The van der Waals surface area contributed by atoms with Crippen molar-refractivity contribution >= 4 is 23.4 Å². The molecule has 1 aromatic carbocycles. The number of allylic oxidation sites excluding steroid dienone is 3. The first-order valence-corrected chi connectivity index (χ1v) is 22.9. The van der Waals surface area contributed by atoms with Gasteiger partial charge in [0, 0.05) is 39.0 Å². The summed E-state index contributed by atoms with van der Waals surface area (Å²) in [5, 5.41) is 23.0. The quantitative estimate of drug-likeness (QED) is 0.157. The van der Waals surface area contributed by atoms with E-state index in [1.165, 1.54) is 4.90 Å². The van der Waals surface area contributed by atoms with Crippen molar-refractivity contribution in [3.63, 3.8) is 0 Å². The number of aliphatic hydroxyl groups excluding tert-OH is 1. The van der Waals surface area contributed by atoms with E-state index >= 15 is 0 Å². The van der Waals surface area contributed by atoms with E-state index in [9.17, 15) is 29.4 Å². The lowest BCUT2D eigenvalue weighted by molar-refractivity contribution is -0.302. The summed E-state index contributed by atoms with van der Waals surface area (Å²) in [5.41, 5.74) is 1.87. The first-order chi connectivity index (χ1) is 29.5. The Kier molecular flexibility index (Phi) is 17.8. The predicted octanol–water partition coefficient (Wildman–Crippen LogP) is 6.94. The molecule has 0 spiro atoms. The van der Waals surface area contributed by atoms with Gasteiger partial charge >= 0.3 is 5.97 Å². The number of benzene rings is 1. The molecule has 13 unspecified atom stereocenters. The Morgan fingerprint density at radius 3 is 2.24 bits per heavy atom. The number of ketones is 2. The summed E-state index contributed by atoms with van der Waals surface area (Å²) >= 11 is 0. The van der Waals surface area contributed by atoms with Gasteiger partial charge in [-0.3, -0.25) is 14.4 Å². The van der Waals surface area contributed by atoms with Gasteiger partial charge in [0.05, 0.1) is 25.4 Å². The number of aliphatic hydroxyl groups is 2. The van der Waals surface area contributed by atoms with Gasteiger partial charge in [0.2, 0.25) is 5.79 Å². The summed E-state index contributed by atoms with van der Waals surface area (Å²) in [4.78, 5) is 58.2. The fourth-order valence-corrected chi connectivity index (χ4v) is 10.1. The standard InChI is InChI=1S/C49H73NO12/c1-10-35-24-29(2)23-30(3)25-42(58-8)45-43(59-9)27-33(6)49(56,62-45)46(53)47(54)50-22-12-11-13-38(50)48(55)61-44(31(4)14-20-39(35)51)32(5)26-34-15-21-40(52)41(28-34)60-37-18-16-36(57-7)17-19-37/h16-19,24,26,30-31,33-35,38,40-45,52,56H,10-15,20-23,25,27-28H2,1-9H3. The minimum absolute atomic E-state index is 0.00198. The fourth-order valence-electron chi connectivity index (χ4n) is 10.1. The number of methoxy groups -OCH3 is 3. The number of carbonyl (C=O) groups is 4. The van der Waals surface area contributed by atoms with Crippen molar-refractivity contribution in [2.24, 2.45) is 29.6 Å². The highest BCUT2D eigenvalue weighted by molar-refractivity contribution is 6.39. The molecule has 2 N–H and O–H groups in total. The summed E-state index contributed by atoms with van der Waals surface area (Å²) in [6.45, 7) is 11.8. The Labute approximate surface area is 368 Å². The molecule has 3 fully saturated rings. The van der Waals surface area contributed by atoms with Crippen LogP contribution in [0.4, 0.5) is 0 Å². The molecule has 1 saturated carbocycles. The van der Waals surface area contributed by atoms with Crippen LogP contribution in [0, 0.1) is 29.6 Å². The molecule has 2 saturated heterocycles. The zero-order valence-electron chi connectivity index (χ0n) is 38.5. The Bertz CT molecular complexity index is 1740. The molecule has 4 aliphatic rings. The third-order valence-electron chi connectivity index (χ3n) is 13.8. The molecule has 346 valence electrons. The van der Waals surface area contributed by atoms with E-state index < -0.39 is 72.0 Å². The van der Waals surface area contributed by atoms with E-state index in [0.717, 1.165) is 11.1 Å². The summed E-state index contributed by atoms with van der Waals surface area (Å²) in [6.07, 6.45) is 6.38. The number of piperidine rings is 1. The second-order valence-electron chi connectivity index (χ2n) is 18.6. The number of cyclic esters (lactones) is 1. The Morgan fingerprint density at radius 1 is 0.903 bits per heavy atom. The highest BCUT2D eigenvalue weighted by Gasteiger charge is 2.56. The van der Waals surface area contributed by atoms with Crippen molar-refractivity contribution < 1.29 is 57.8 Å². The van der Waals surface area contributed by atoms with Crippen molar-refractivity contribution in [3.05, 3.63) is 47.6 Å². The Morgan fingerprint density at radius 2 is 1.58 bits per heavy atom. The predicted molar refractivity (Wildman–Crippen MR) is 233 cm³/mol. The number of esters is 1. The van der Waals surface area contributed by atoms with Gasteiger partial charge in [-0.05, 0) is 132 Å². The molecule has 3 aliphatic heterocycles. The van der Waals surface area contributed by atoms with Gasteiger partial charge < -0.3 is 43.5 Å². The fraction of sp³-hybridized carbons (Fsp3) is 0.714. The van der Waals surface area contributed by atoms with Crippen molar-refractivity contribution in [1.82, 2.24) is 4.90 Å². The SMILES string of the molecule is CCC1C=C(C)CC(C)CC(OC)C2OC(O)(C(=O)C(=O)N3CCCCC3C(=O)OC(C(C)=CC3CCC(O)C(Oc4ccc(OC)cc4)C3)C(C)CCC1=O)C(C)CC2OC. The number of carbonyl (C=O) groups excluding carboxylic acids is 4. The lowest BCUT2D eigenvalue weighted by Crippen LogP contribution is -2.64. The highest BCUT2D eigenvalue weighted by atomic mass is 16.7. The number of Topliss-reactive ketones (excluding diaryl/α,β-unsaturated/α-hetero) is 2. The summed E-state index contributed by atoms with van der Waals surface area (Å²) in [6, 6.07) is 6.17. The van der Waals surface area contributed by atoms with E-state index in [2.05, 4.69) is 19.1 Å². The topological polar surface area (TPSA) is 167 Å². The number of fused-ring (bicyclic) bond motifs is 3. The molecular formula is C49H73NO12. The van der Waals surface area contributed by atoms with Gasteiger partial charge in [-0.1, -0.05) is 45.4 Å². The lowest BCUT2D eigenvalue weighted by atomic mass is 9.82. The van der Waals surface area contributed by atoms with E-state index in [1.54, 1.807) is 28.3 Å². The molecule has 0 radical (unpaired) electrons. The second-order valence-corrected chi connectivity index (χ2v) is 18.6. The lowest BCUT2D eigenvalue weighted by Gasteiger charge is -2.47. The van der Waals surface area contributed by atoms with E-state index in [1.807, 2.05) is 52.0 Å². The summed E-state index contributed by atoms with van der Waals surface area (Å²) in [7, 11) is 4.70. The molecule has 1 aliphatic carbocycles.